The van der Waals surface area contributed by atoms with Crippen LogP contribution in [0, 0.1) is 11.2 Å². The van der Waals surface area contributed by atoms with Crippen LogP contribution in [0.4, 0.5) is 26.4 Å². The SMILES string of the molecule is CN(CCCCN1CCCC1)C(=O)Nc1cc(Oc2ccc(N(C(=O)C3(C(N)=O)CC3)c3ccccc3)c(F)c2)ccn1. The van der Waals surface area contributed by atoms with Gasteiger partial charge in [0.2, 0.25) is 11.8 Å². The van der Waals surface area contributed by atoms with Crippen molar-refractivity contribution < 1.29 is 23.5 Å². The molecule has 1 saturated heterocycles. The Morgan fingerprint density at radius 2 is 1.74 bits per heavy atom. The number of likely N-dealkylation sites (tertiary alicyclic amines) is 1. The third kappa shape index (κ3) is 7.11. The van der Waals surface area contributed by atoms with Gasteiger partial charge in [0.15, 0.2) is 5.82 Å². The van der Waals surface area contributed by atoms with Crippen molar-refractivity contribution >= 4 is 35.0 Å². The molecule has 226 valence electrons. The molecule has 1 saturated carbocycles. The summed E-state index contributed by atoms with van der Waals surface area (Å²) in [4.78, 5) is 47.7. The standard InChI is InChI=1S/C32H37FN6O4/c1-37(17-5-6-18-38-19-7-8-20-38)31(42)36-28-22-25(13-16-35-28)43-24-11-12-27(26(33)21-24)39(23-9-3-2-4-10-23)30(41)32(14-15-32)29(34)40/h2-4,9-13,16,21-22H,5-8,14-15,17-20H2,1H3,(H2,34,40)(H,35,36,42). The van der Waals surface area contributed by atoms with E-state index in [0.29, 0.717) is 36.6 Å². The van der Waals surface area contributed by atoms with E-state index >= 15 is 4.39 Å². The van der Waals surface area contributed by atoms with E-state index in [-0.39, 0.29) is 17.5 Å². The lowest BCUT2D eigenvalue weighted by Gasteiger charge is -2.27. The minimum Gasteiger partial charge on any atom is -0.457 e. The summed E-state index contributed by atoms with van der Waals surface area (Å²) in [7, 11) is 1.74. The Bertz CT molecular complexity index is 1460. The number of nitrogens with one attached hydrogen (secondary N) is 1. The molecule has 0 radical (unpaired) electrons. The maximum atomic E-state index is 15.5. The number of ether oxygens (including phenoxy) is 1. The fourth-order valence-electron chi connectivity index (χ4n) is 5.26. The van der Waals surface area contributed by atoms with E-state index < -0.39 is 23.0 Å². The van der Waals surface area contributed by atoms with E-state index in [4.69, 9.17) is 10.5 Å². The van der Waals surface area contributed by atoms with Crippen molar-refractivity contribution in [1.82, 2.24) is 14.8 Å². The second-order valence-corrected chi connectivity index (χ2v) is 11.1. The minimum atomic E-state index is -1.34. The van der Waals surface area contributed by atoms with E-state index in [1.807, 2.05) is 0 Å². The summed E-state index contributed by atoms with van der Waals surface area (Å²) in [6.07, 6.45) is 6.62. The van der Waals surface area contributed by atoms with Gasteiger partial charge in [-0.25, -0.2) is 14.2 Å². The Balaban J connectivity index is 1.23. The highest BCUT2D eigenvalue weighted by Crippen LogP contribution is 2.49. The number of rotatable bonds is 12. The number of halogens is 1. The van der Waals surface area contributed by atoms with Crippen LogP contribution in [0.2, 0.25) is 0 Å². The van der Waals surface area contributed by atoms with Gasteiger partial charge in [0, 0.05) is 37.6 Å². The number of para-hydroxylation sites is 1. The monoisotopic (exact) mass is 588 g/mol. The highest BCUT2D eigenvalue weighted by molar-refractivity contribution is 6.16. The number of pyridine rings is 1. The molecule has 2 aromatic carbocycles. The van der Waals surface area contributed by atoms with Gasteiger partial charge in [0.25, 0.3) is 0 Å². The van der Waals surface area contributed by atoms with Gasteiger partial charge in [-0.1, -0.05) is 18.2 Å². The van der Waals surface area contributed by atoms with Gasteiger partial charge in [0.05, 0.1) is 5.69 Å². The van der Waals surface area contributed by atoms with Crippen LogP contribution in [0.1, 0.15) is 38.5 Å². The van der Waals surface area contributed by atoms with Crippen molar-refractivity contribution in [3.8, 4) is 11.5 Å². The molecule has 2 aliphatic rings. The third-order valence-electron chi connectivity index (χ3n) is 7.97. The van der Waals surface area contributed by atoms with Gasteiger partial charge in [-0.15, -0.1) is 0 Å². The van der Waals surface area contributed by atoms with Crippen molar-refractivity contribution in [3.05, 3.63) is 72.7 Å². The van der Waals surface area contributed by atoms with Crippen LogP contribution >= 0.6 is 0 Å². The van der Waals surface area contributed by atoms with Crippen LogP contribution in [0.5, 0.6) is 11.5 Å². The van der Waals surface area contributed by atoms with Crippen molar-refractivity contribution in [2.45, 2.75) is 38.5 Å². The van der Waals surface area contributed by atoms with Crippen LogP contribution in [0.3, 0.4) is 0 Å². The van der Waals surface area contributed by atoms with Crippen molar-refractivity contribution in [3.63, 3.8) is 0 Å². The molecule has 1 aromatic heterocycles. The first kappa shape index (κ1) is 30.0. The van der Waals surface area contributed by atoms with E-state index in [9.17, 15) is 14.4 Å². The predicted molar refractivity (Wildman–Crippen MR) is 162 cm³/mol. The topological polar surface area (TPSA) is 121 Å². The number of hydrogen-bond donors (Lipinski definition) is 2. The number of carbonyl (C=O) groups is 3. The number of anilines is 3. The molecular weight excluding hydrogens is 551 g/mol. The lowest BCUT2D eigenvalue weighted by atomic mass is 10.0. The zero-order valence-corrected chi connectivity index (χ0v) is 24.3. The van der Waals surface area contributed by atoms with Crippen LogP contribution in [0.25, 0.3) is 0 Å². The maximum Gasteiger partial charge on any atom is 0.322 e. The van der Waals surface area contributed by atoms with Crippen molar-refractivity contribution in [2.75, 3.05) is 43.4 Å². The molecule has 5 rings (SSSR count). The van der Waals surface area contributed by atoms with E-state index in [1.54, 1.807) is 54.4 Å². The molecule has 10 nitrogen and oxygen atoms in total. The summed E-state index contributed by atoms with van der Waals surface area (Å²) in [5.41, 5.74) is 4.60. The number of urea groups is 1. The molecule has 2 fully saturated rings. The van der Waals surface area contributed by atoms with E-state index in [1.165, 1.54) is 49.2 Å². The molecule has 3 aromatic rings. The highest BCUT2D eigenvalue weighted by atomic mass is 19.1. The summed E-state index contributed by atoms with van der Waals surface area (Å²) in [5, 5.41) is 2.77. The Kier molecular flexibility index (Phi) is 9.20. The number of unbranched alkanes of at least 4 members (excludes halogenated alkanes) is 1. The lowest BCUT2D eigenvalue weighted by Crippen LogP contribution is -2.41. The van der Waals surface area contributed by atoms with Gasteiger partial charge in [-0.2, -0.15) is 0 Å². The number of amides is 4. The molecule has 11 heteroatoms. The molecule has 0 atom stereocenters. The number of aromatic nitrogens is 1. The maximum absolute atomic E-state index is 15.5. The fraction of sp³-hybridized carbons (Fsp3) is 0.375. The molecule has 4 amide bonds. The first-order chi connectivity index (χ1) is 20.8. The molecule has 2 heterocycles. The number of primary amides is 1. The first-order valence-corrected chi connectivity index (χ1v) is 14.6. The van der Waals surface area contributed by atoms with Crippen molar-refractivity contribution in [2.24, 2.45) is 11.1 Å². The highest BCUT2D eigenvalue weighted by Gasteiger charge is 2.57. The van der Waals surface area contributed by atoms with E-state index in [2.05, 4.69) is 15.2 Å². The number of nitrogens with zero attached hydrogens (tertiary/aromatic N) is 4. The van der Waals surface area contributed by atoms with E-state index in [0.717, 1.165) is 25.5 Å². The summed E-state index contributed by atoms with van der Waals surface area (Å²) >= 11 is 0. The summed E-state index contributed by atoms with van der Waals surface area (Å²) in [6, 6.07) is 15.5. The van der Waals surface area contributed by atoms with Crippen LogP contribution in [-0.4, -0.2) is 65.9 Å². The normalized spacial score (nSPS) is 15.5. The second kappa shape index (κ2) is 13.2. The molecule has 43 heavy (non-hydrogen) atoms. The molecule has 3 N–H and O–H groups in total. The fourth-order valence-corrected chi connectivity index (χ4v) is 5.26. The van der Waals surface area contributed by atoms with Crippen LogP contribution in [0.15, 0.2) is 66.9 Å². The largest absolute Gasteiger partial charge is 0.457 e. The van der Waals surface area contributed by atoms with Gasteiger partial charge >= 0.3 is 6.03 Å². The molecule has 1 aliphatic heterocycles. The summed E-state index contributed by atoms with van der Waals surface area (Å²) < 4.78 is 21.4. The average Bonchev–Trinajstić information content (AvgIpc) is 3.66. The Hall–Kier alpha value is -4.51. The third-order valence-corrected chi connectivity index (χ3v) is 7.97. The average molecular weight is 589 g/mol. The molecular formula is C32H37FN6O4. The number of hydrogen-bond acceptors (Lipinski definition) is 6. The number of nitrogens with two attached hydrogens (primary N) is 1. The van der Waals surface area contributed by atoms with Gasteiger partial charge in [-0.3, -0.25) is 19.8 Å². The smallest absolute Gasteiger partial charge is 0.322 e. The second-order valence-electron chi connectivity index (χ2n) is 11.1. The Morgan fingerprint density at radius 1 is 1.02 bits per heavy atom. The predicted octanol–water partition coefficient (Wildman–Crippen LogP) is 5.28. The Labute approximate surface area is 250 Å². The van der Waals surface area contributed by atoms with Gasteiger partial charge in [-0.05, 0) is 88.5 Å². The zero-order chi connectivity index (χ0) is 30.4. The molecule has 0 unspecified atom stereocenters. The molecule has 1 aliphatic carbocycles. The van der Waals surface area contributed by atoms with Gasteiger partial charge < -0.3 is 20.3 Å². The minimum absolute atomic E-state index is 0.0257. The molecule has 0 bridgehead atoms. The van der Waals surface area contributed by atoms with Crippen LogP contribution < -0.4 is 20.7 Å². The summed E-state index contributed by atoms with van der Waals surface area (Å²) in [5.74, 6) is -1.19. The Morgan fingerprint density at radius 3 is 2.42 bits per heavy atom. The number of carbonyl (C=O) groups excluding carboxylic acids is 3. The molecule has 0 spiro atoms. The number of benzene rings is 2. The quantitative estimate of drug-likeness (QED) is 0.219. The summed E-state index contributed by atoms with van der Waals surface area (Å²) in [6.45, 7) is 4.03. The zero-order valence-electron chi connectivity index (χ0n) is 24.3. The van der Waals surface area contributed by atoms with Crippen molar-refractivity contribution in [1.29, 1.82) is 0 Å². The lowest BCUT2D eigenvalue weighted by molar-refractivity contribution is -0.133. The van der Waals surface area contributed by atoms with Crippen LogP contribution in [-0.2, 0) is 9.59 Å². The van der Waals surface area contributed by atoms with Gasteiger partial charge in [0.1, 0.15) is 22.7 Å². The first-order valence-electron chi connectivity index (χ1n) is 14.6.